The van der Waals surface area contributed by atoms with Gasteiger partial charge in [-0.25, -0.2) is 0 Å². The Labute approximate surface area is 69.6 Å². The Balaban J connectivity index is 3.66. The molecular formula is C6H10NO5-. The summed E-state index contributed by atoms with van der Waals surface area (Å²) in [5.74, 6) is -1.37. The molecule has 12 heavy (non-hydrogen) atoms. The fraction of sp³-hybridized carbons (Fsp3) is 0.667. The van der Waals surface area contributed by atoms with Crippen LogP contribution in [0.1, 0.15) is 0 Å². The predicted molar refractivity (Wildman–Crippen MR) is 39.0 cm³/mol. The van der Waals surface area contributed by atoms with Gasteiger partial charge in [-0.3, -0.25) is 9.59 Å². The van der Waals surface area contributed by atoms with Gasteiger partial charge in [0.25, 0.3) is 0 Å². The minimum atomic E-state index is -0.686. The molecule has 0 aliphatic heterocycles. The average molecular weight is 176 g/mol. The number of hydrogen-bond donors (Lipinski definition) is 0. The highest BCUT2D eigenvalue weighted by atomic mass is 16.6. The van der Waals surface area contributed by atoms with Crippen LogP contribution in [-0.4, -0.2) is 44.3 Å². The van der Waals surface area contributed by atoms with Crippen molar-refractivity contribution in [3.05, 3.63) is 5.21 Å². The van der Waals surface area contributed by atoms with Gasteiger partial charge in [0.15, 0.2) is 0 Å². The van der Waals surface area contributed by atoms with E-state index in [4.69, 9.17) is 0 Å². The van der Waals surface area contributed by atoms with Gasteiger partial charge in [-0.05, 0) is 0 Å². The third-order valence-corrected chi connectivity index (χ3v) is 1.07. The smallest absolute Gasteiger partial charge is 0.318 e. The lowest BCUT2D eigenvalue weighted by Crippen LogP contribution is -2.30. The highest BCUT2D eigenvalue weighted by molar-refractivity contribution is 5.74. The summed E-state index contributed by atoms with van der Waals surface area (Å²) in [4.78, 5) is 21.0. The average Bonchev–Trinajstić information content (AvgIpc) is 2.03. The van der Waals surface area contributed by atoms with Crippen molar-refractivity contribution in [1.82, 2.24) is 5.06 Å². The molecule has 0 aliphatic carbocycles. The third kappa shape index (κ3) is 4.64. The van der Waals surface area contributed by atoms with Crippen molar-refractivity contribution in [3.8, 4) is 0 Å². The minimum absolute atomic E-state index is 0.262. The summed E-state index contributed by atoms with van der Waals surface area (Å²) in [5.41, 5.74) is 0. The fourth-order valence-corrected chi connectivity index (χ4v) is 0.473. The van der Waals surface area contributed by atoms with Crippen molar-refractivity contribution in [1.29, 1.82) is 0 Å². The summed E-state index contributed by atoms with van der Waals surface area (Å²) in [6.45, 7) is -0.933. The number of carbonyl (C=O) groups excluding carboxylic acids is 2. The molecule has 0 bridgehead atoms. The van der Waals surface area contributed by atoms with Gasteiger partial charge in [0.05, 0.1) is 27.3 Å². The Hall–Kier alpha value is -1.14. The van der Waals surface area contributed by atoms with Crippen LogP contribution < -0.4 is 0 Å². The molecule has 0 rings (SSSR count). The molecule has 0 fully saturated rings. The van der Waals surface area contributed by atoms with Crippen LogP contribution in [-0.2, 0) is 19.1 Å². The largest absolute Gasteiger partial charge is 0.784 e. The van der Waals surface area contributed by atoms with E-state index in [-0.39, 0.29) is 5.06 Å². The molecule has 0 amide bonds. The van der Waals surface area contributed by atoms with Crippen LogP contribution in [0.3, 0.4) is 0 Å². The van der Waals surface area contributed by atoms with Gasteiger partial charge in [-0.2, -0.15) is 0 Å². The number of nitrogens with zero attached hydrogens (tertiary/aromatic N) is 1. The molecule has 6 heteroatoms. The first-order chi connectivity index (χ1) is 5.60. The Kier molecular flexibility index (Phi) is 4.98. The number of hydrogen-bond acceptors (Lipinski definition) is 6. The van der Waals surface area contributed by atoms with Crippen molar-refractivity contribution >= 4 is 11.9 Å². The number of carbonyl (C=O) groups is 2. The second-order valence-electron chi connectivity index (χ2n) is 1.95. The molecule has 0 aliphatic rings. The minimum Gasteiger partial charge on any atom is -0.784 e. The maximum atomic E-state index is 10.7. The zero-order valence-electron chi connectivity index (χ0n) is 6.90. The summed E-state index contributed by atoms with van der Waals surface area (Å²) in [7, 11) is 2.32. The Morgan fingerprint density at radius 2 is 1.50 bits per heavy atom. The Morgan fingerprint density at radius 1 is 1.17 bits per heavy atom. The summed E-state index contributed by atoms with van der Waals surface area (Å²) in [5, 5.41) is 11.0. The lowest BCUT2D eigenvalue weighted by Gasteiger charge is -2.24. The van der Waals surface area contributed by atoms with Crippen LogP contribution in [0.4, 0.5) is 0 Å². The normalized spacial score (nSPS) is 9.67. The SMILES string of the molecule is COC(=O)CN([O-])CC(=O)OC. The second-order valence-corrected chi connectivity index (χ2v) is 1.95. The molecule has 0 radical (unpaired) electrons. The number of methoxy groups -OCH3 is 2. The van der Waals surface area contributed by atoms with Gasteiger partial charge in [-0.15, -0.1) is 0 Å². The quantitative estimate of drug-likeness (QED) is 0.409. The number of esters is 2. The van der Waals surface area contributed by atoms with Gasteiger partial charge in [-0.1, -0.05) is 0 Å². The first kappa shape index (κ1) is 10.9. The predicted octanol–water partition coefficient (Wildman–Crippen LogP) is -0.868. The van der Waals surface area contributed by atoms with E-state index in [1.54, 1.807) is 0 Å². The van der Waals surface area contributed by atoms with Crippen molar-refractivity contribution in [2.75, 3.05) is 27.3 Å². The van der Waals surface area contributed by atoms with Crippen molar-refractivity contribution in [2.24, 2.45) is 0 Å². The second kappa shape index (κ2) is 5.50. The molecule has 0 heterocycles. The molecule has 0 saturated heterocycles. The van der Waals surface area contributed by atoms with E-state index in [1.165, 1.54) is 0 Å². The van der Waals surface area contributed by atoms with E-state index in [1.807, 2.05) is 0 Å². The van der Waals surface area contributed by atoms with Crippen molar-refractivity contribution in [2.45, 2.75) is 0 Å². The summed E-state index contributed by atoms with van der Waals surface area (Å²) in [6, 6.07) is 0. The van der Waals surface area contributed by atoms with E-state index in [0.717, 1.165) is 14.2 Å². The summed E-state index contributed by atoms with van der Waals surface area (Å²) >= 11 is 0. The monoisotopic (exact) mass is 176 g/mol. The number of ether oxygens (including phenoxy) is 2. The molecule has 0 N–H and O–H groups in total. The lowest BCUT2D eigenvalue weighted by molar-refractivity contribution is -0.144. The molecule has 0 saturated carbocycles. The van der Waals surface area contributed by atoms with Gasteiger partial charge in [0.1, 0.15) is 0 Å². The molecule has 0 unspecified atom stereocenters. The molecule has 0 aromatic heterocycles. The topological polar surface area (TPSA) is 78.9 Å². The fourth-order valence-electron chi connectivity index (χ4n) is 0.473. The van der Waals surface area contributed by atoms with Gasteiger partial charge >= 0.3 is 11.9 Å². The van der Waals surface area contributed by atoms with Gasteiger partial charge in [0.2, 0.25) is 0 Å². The number of hydroxylamine groups is 2. The van der Waals surface area contributed by atoms with Crippen LogP contribution in [0.15, 0.2) is 0 Å². The molecule has 0 aromatic carbocycles. The maximum Gasteiger partial charge on any atom is 0.318 e. The number of rotatable bonds is 4. The Morgan fingerprint density at radius 3 is 1.75 bits per heavy atom. The molecular weight excluding hydrogens is 166 g/mol. The lowest BCUT2D eigenvalue weighted by atomic mass is 10.5. The highest BCUT2D eigenvalue weighted by Gasteiger charge is 2.05. The van der Waals surface area contributed by atoms with E-state index in [0.29, 0.717) is 0 Å². The first-order valence-corrected chi connectivity index (χ1v) is 3.16. The van der Waals surface area contributed by atoms with E-state index in [2.05, 4.69) is 9.47 Å². The van der Waals surface area contributed by atoms with E-state index in [9.17, 15) is 14.8 Å². The zero-order valence-corrected chi connectivity index (χ0v) is 6.90. The molecule has 0 atom stereocenters. The van der Waals surface area contributed by atoms with Gasteiger partial charge < -0.3 is 19.7 Å². The molecule has 70 valence electrons. The van der Waals surface area contributed by atoms with Crippen molar-refractivity contribution in [3.63, 3.8) is 0 Å². The molecule has 6 nitrogen and oxygen atoms in total. The van der Waals surface area contributed by atoms with Crippen LogP contribution in [0.25, 0.3) is 0 Å². The highest BCUT2D eigenvalue weighted by Crippen LogP contribution is 1.87. The van der Waals surface area contributed by atoms with E-state index >= 15 is 0 Å². The maximum absolute atomic E-state index is 10.7. The third-order valence-electron chi connectivity index (χ3n) is 1.07. The van der Waals surface area contributed by atoms with Crippen molar-refractivity contribution < 1.29 is 19.1 Å². The summed E-state index contributed by atoms with van der Waals surface area (Å²) < 4.78 is 8.41. The van der Waals surface area contributed by atoms with Crippen LogP contribution in [0.5, 0.6) is 0 Å². The first-order valence-electron chi connectivity index (χ1n) is 3.16. The zero-order chi connectivity index (χ0) is 9.56. The van der Waals surface area contributed by atoms with E-state index < -0.39 is 25.0 Å². The van der Waals surface area contributed by atoms with Gasteiger partial charge in [0, 0.05) is 0 Å². The van der Waals surface area contributed by atoms with Crippen LogP contribution in [0.2, 0.25) is 0 Å². The van der Waals surface area contributed by atoms with Crippen LogP contribution in [0, 0.1) is 5.21 Å². The molecule has 0 spiro atoms. The van der Waals surface area contributed by atoms with Crippen LogP contribution >= 0.6 is 0 Å². The summed E-state index contributed by atoms with van der Waals surface area (Å²) in [6.07, 6.45) is 0. The molecule has 0 aromatic rings. The standard InChI is InChI=1S/C6H10NO5/c1-11-5(8)3-7(10)4-6(9)12-2/h3-4H2,1-2H3/q-1. The Bertz CT molecular complexity index is 151.